The highest BCUT2D eigenvalue weighted by Gasteiger charge is 2.21. The van der Waals surface area contributed by atoms with E-state index in [4.69, 9.17) is 9.26 Å². The molecule has 5 aromatic heterocycles. The van der Waals surface area contributed by atoms with Gasteiger partial charge in [-0.25, -0.2) is 19.9 Å². The normalized spacial score (nSPS) is 12.2. The van der Waals surface area contributed by atoms with E-state index in [1.807, 2.05) is 37.3 Å². The fraction of sp³-hybridized carbons (Fsp3) is 0.120. The molecule has 0 saturated carbocycles. The number of thiazole rings is 1. The minimum Gasteiger partial charge on any atom is -0.467 e. The van der Waals surface area contributed by atoms with Crippen LogP contribution in [0.4, 0.5) is 5.82 Å². The highest BCUT2D eigenvalue weighted by molar-refractivity contribution is 7.16. The molecule has 0 aliphatic carbocycles. The van der Waals surface area contributed by atoms with Gasteiger partial charge >= 0.3 is 6.01 Å². The van der Waals surface area contributed by atoms with Crippen molar-refractivity contribution in [3.8, 4) is 23.0 Å². The topological polar surface area (TPSA) is 121 Å². The molecule has 10 nitrogen and oxygen atoms in total. The van der Waals surface area contributed by atoms with Crippen molar-refractivity contribution in [1.82, 2.24) is 29.7 Å². The first kappa shape index (κ1) is 21.9. The number of aromatic nitrogens is 6. The minimum absolute atomic E-state index is 0.240. The summed E-state index contributed by atoms with van der Waals surface area (Å²) in [5, 5.41) is 8.78. The van der Waals surface area contributed by atoms with Gasteiger partial charge in [0.1, 0.15) is 11.8 Å². The zero-order valence-corrected chi connectivity index (χ0v) is 20.1. The number of anilines is 1. The van der Waals surface area contributed by atoms with E-state index < -0.39 is 0 Å². The second-order valence-electron chi connectivity index (χ2n) is 8.02. The molecule has 1 N–H and O–H groups in total. The van der Waals surface area contributed by atoms with E-state index in [-0.39, 0.29) is 17.6 Å². The average Bonchev–Trinajstić information content (AvgIpc) is 3.61. The molecule has 6 rings (SSSR count). The van der Waals surface area contributed by atoms with Crippen LogP contribution in [0.2, 0.25) is 0 Å². The first-order chi connectivity index (χ1) is 17.6. The third-order valence-corrected chi connectivity index (χ3v) is 6.69. The van der Waals surface area contributed by atoms with E-state index in [1.165, 1.54) is 13.4 Å². The molecule has 0 spiro atoms. The summed E-state index contributed by atoms with van der Waals surface area (Å²) in [6.07, 6.45) is 6.45. The van der Waals surface area contributed by atoms with Crippen LogP contribution in [-0.4, -0.2) is 36.8 Å². The molecule has 0 aliphatic rings. The van der Waals surface area contributed by atoms with Gasteiger partial charge in [0.15, 0.2) is 11.6 Å². The molecule has 0 fully saturated rings. The van der Waals surface area contributed by atoms with Crippen LogP contribution in [0.15, 0.2) is 76.1 Å². The van der Waals surface area contributed by atoms with Gasteiger partial charge in [-0.3, -0.25) is 9.36 Å². The summed E-state index contributed by atoms with van der Waals surface area (Å²) in [5.41, 5.74) is 4.43. The van der Waals surface area contributed by atoms with Gasteiger partial charge in [0.2, 0.25) is 0 Å². The molecule has 6 aromatic rings. The highest BCUT2D eigenvalue weighted by Crippen LogP contribution is 2.31. The number of methoxy groups -OCH3 is 1. The lowest BCUT2D eigenvalue weighted by atomic mass is 9.99. The molecule has 178 valence electrons. The fourth-order valence-corrected chi connectivity index (χ4v) is 4.91. The second kappa shape index (κ2) is 8.86. The fourth-order valence-electron chi connectivity index (χ4n) is 4.24. The van der Waals surface area contributed by atoms with E-state index >= 15 is 0 Å². The number of nitrogens with zero attached hydrogens (tertiary/aromatic N) is 6. The van der Waals surface area contributed by atoms with Crippen molar-refractivity contribution in [2.45, 2.75) is 13.0 Å². The van der Waals surface area contributed by atoms with Crippen molar-refractivity contribution < 1.29 is 9.26 Å². The molecule has 1 atom stereocenters. The molecule has 36 heavy (non-hydrogen) atoms. The molecule has 0 unspecified atom stereocenters. The Labute approximate surface area is 208 Å². The predicted molar refractivity (Wildman–Crippen MR) is 137 cm³/mol. The zero-order valence-electron chi connectivity index (χ0n) is 19.2. The maximum Gasteiger partial charge on any atom is 0.316 e. The summed E-state index contributed by atoms with van der Waals surface area (Å²) in [4.78, 5) is 31.4. The van der Waals surface area contributed by atoms with Crippen molar-refractivity contribution >= 4 is 38.1 Å². The van der Waals surface area contributed by atoms with Crippen molar-refractivity contribution in [3.05, 3.63) is 82.8 Å². The summed E-state index contributed by atoms with van der Waals surface area (Å²) in [7, 11) is 1.50. The molecule has 5 heterocycles. The van der Waals surface area contributed by atoms with Gasteiger partial charge in [0.05, 0.1) is 34.4 Å². The van der Waals surface area contributed by atoms with Gasteiger partial charge in [-0.05, 0) is 30.0 Å². The number of hydrogen-bond acceptors (Lipinski definition) is 10. The standard InChI is InChI=1S/C25H19N7O3S/c1-14(30-23-22-19(6-8-26-23)36-13-29-22)18-10-15-4-3-5-17(16-11-27-25(34-2)28-12-16)21(15)24(33)32(18)20-7-9-35-31-20/h3-14H,1-2H3,(H,26,30)/t14-/m0/s1. The summed E-state index contributed by atoms with van der Waals surface area (Å²) >= 11 is 1.54. The van der Waals surface area contributed by atoms with Crippen molar-refractivity contribution in [2.24, 2.45) is 0 Å². The van der Waals surface area contributed by atoms with Crippen LogP contribution in [0.25, 0.3) is 37.9 Å². The Morgan fingerprint density at radius 3 is 2.75 bits per heavy atom. The Morgan fingerprint density at radius 2 is 1.97 bits per heavy atom. The summed E-state index contributed by atoms with van der Waals surface area (Å²) in [6, 6.07) is 11.2. The molecule has 0 aliphatic heterocycles. The average molecular weight is 498 g/mol. The Bertz CT molecular complexity index is 1740. The van der Waals surface area contributed by atoms with Crippen molar-refractivity contribution in [2.75, 3.05) is 12.4 Å². The van der Waals surface area contributed by atoms with Crippen LogP contribution in [-0.2, 0) is 0 Å². The van der Waals surface area contributed by atoms with Gasteiger partial charge < -0.3 is 14.6 Å². The lowest BCUT2D eigenvalue weighted by molar-refractivity contribution is 0.380. The van der Waals surface area contributed by atoms with Crippen LogP contribution >= 0.6 is 11.3 Å². The number of rotatable bonds is 6. The Hall–Kier alpha value is -4.64. The minimum atomic E-state index is -0.313. The third kappa shape index (κ3) is 3.66. The molecule has 1 aromatic carbocycles. The number of benzene rings is 1. The smallest absolute Gasteiger partial charge is 0.316 e. The number of pyridine rings is 2. The molecule has 0 bridgehead atoms. The summed E-state index contributed by atoms with van der Waals surface area (Å²) in [6.45, 7) is 1.96. The van der Waals surface area contributed by atoms with Crippen LogP contribution in [0.3, 0.4) is 0 Å². The maximum atomic E-state index is 14.1. The van der Waals surface area contributed by atoms with Crippen LogP contribution in [0.1, 0.15) is 18.7 Å². The van der Waals surface area contributed by atoms with Crippen molar-refractivity contribution in [3.63, 3.8) is 0 Å². The number of nitrogens with one attached hydrogen (secondary N) is 1. The lowest BCUT2D eigenvalue weighted by Gasteiger charge is -2.20. The van der Waals surface area contributed by atoms with Crippen LogP contribution in [0.5, 0.6) is 6.01 Å². The number of fused-ring (bicyclic) bond motifs is 2. The largest absolute Gasteiger partial charge is 0.467 e. The molecule has 0 radical (unpaired) electrons. The second-order valence-corrected chi connectivity index (χ2v) is 8.91. The van der Waals surface area contributed by atoms with E-state index in [0.29, 0.717) is 33.8 Å². The van der Waals surface area contributed by atoms with E-state index in [2.05, 4.69) is 30.4 Å². The van der Waals surface area contributed by atoms with E-state index in [0.717, 1.165) is 15.6 Å². The Balaban J connectivity index is 1.54. The zero-order chi connectivity index (χ0) is 24.6. The molecule has 11 heteroatoms. The quantitative estimate of drug-likeness (QED) is 0.351. The van der Waals surface area contributed by atoms with Gasteiger partial charge in [0, 0.05) is 30.2 Å². The maximum absolute atomic E-state index is 14.1. The molecular formula is C25H19N7O3S. The SMILES string of the molecule is COc1ncc(-c2cccc3cc([C@H](C)Nc4nccc5scnc45)n(-c4ccon4)c(=O)c23)cn1. The first-order valence-corrected chi connectivity index (χ1v) is 11.9. The lowest BCUT2D eigenvalue weighted by Crippen LogP contribution is -2.26. The highest BCUT2D eigenvalue weighted by atomic mass is 32.1. The van der Waals surface area contributed by atoms with Gasteiger partial charge in [-0.2, -0.15) is 0 Å². The van der Waals surface area contributed by atoms with Crippen molar-refractivity contribution in [1.29, 1.82) is 0 Å². The van der Waals surface area contributed by atoms with Gasteiger partial charge in [0.25, 0.3) is 5.56 Å². The molecule has 0 amide bonds. The first-order valence-electron chi connectivity index (χ1n) is 11.0. The van der Waals surface area contributed by atoms with Crippen LogP contribution in [0, 0.1) is 0 Å². The van der Waals surface area contributed by atoms with E-state index in [9.17, 15) is 4.79 Å². The monoisotopic (exact) mass is 497 g/mol. The van der Waals surface area contributed by atoms with Crippen LogP contribution < -0.4 is 15.6 Å². The third-order valence-electron chi connectivity index (χ3n) is 5.90. The predicted octanol–water partition coefficient (Wildman–Crippen LogP) is 4.62. The molecular weight excluding hydrogens is 478 g/mol. The Kier molecular flexibility index (Phi) is 5.38. The number of ether oxygens (including phenoxy) is 1. The number of hydrogen-bond donors (Lipinski definition) is 1. The summed E-state index contributed by atoms with van der Waals surface area (Å²) < 4.78 is 12.7. The van der Waals surface area contributed by atoms with Gasteiger partial charge in [-0.1, -0.05) is 23.4 Å². The Morgan fingerprint density at radius 1 is 1.11 bits per heavy atom. The summed E-state index contributed by atoms with van der Waals surface area (Å²) in [5.74, 6) is 1.02. The van der Waals surface area contributed by atoms with Gasteiger partial charge in [-0.15, -0.1) is 11.3 Å². The van der Waals surface area contributed by atoms with E-state index in [1.54, 1.807) is 46.1 Å². The molecule has 0 saturated heterocycles.